The normalized spacial score (nSPS) is 13.8. The van der Waals surface area contributed by atoms with E-state index in [1.165, 1.54) is 13.4 Å². The molecule has 0 aliphatic rings. The monoisotopic (exact) mass is 241 g/mol. The highest BCUT2D eigenvalue weighted by Gasteiger charge is 2.12. The van der Waals surface area contributed by atoms with Crippen LogP contribution >= 0.6 is 8.46 Å². The molecule has 86 valence electrons. The summed E-state index contributed by atoms with van der Waals surface area (Å²) >= 11 is 0. The number of methoxy groups -OCH3 is 1. The molecular formula is C8H12N5O2P. The minimum Gasteiger partial charge on any atom is -0.382 e. The van der Waals surface area contributed by atoms with Gasteiger partial charge in [0.15, 0.2) is 11.5 Å². The molecule has 0 aromatic carbocycles. The Balaban J connectivity index is 2.34. The summed E-state index contributed by atoms with van der Waals surface area (Å²) in [5, 5.41) is 0. The van der Waals surface area contributed by atoms with Gasteiger partial charge < -0.3 is 20.0 Å². The summed E-state index contributed by atoms with van der Waals surface area (Å²) in [6.45, 7) is 0. The zero-order valence-corrected chi connectivity index (χ0v) is 9.83. The molecule has 0 saturated carbocycles. The summed E-state index contributed by atoms with van der Waals surface area (Å²) in [5.74, 6) is 0.483. The van der Waals surface area contributed by atoms with Crippen LogP contribution in [-0.4, -0.2) is 32.9 Å². The standard InChI is InChI=1S/C8H12N5O2P/c1-15-5(16-14)2-4-12-7(9)6-8(13-4)11-3-10-6/h3,5H,2,16H2,1H3,(H3,9,10,11,12,13). The van der Waals surface area contributed by atoms with E-state index in [1.54, 1.807) is 0 Å². The van der Waals surface area contributed by atoms with Gasteiger partial charge in [-0.1, -0.05) is 0 Å². The lowest BCUT2D eigenvalue weighted by molar-refractivity contribution is 0.166. The Kier molecular flexibility index (Phi) is 3.17. The van der Waals surface area contributed by atoms with Gasteiger partial charge in [0.25, 0.3) is 0 Å². The second-order valence-corrected chi connectivity index (χ2v) is 4.26. The first-order valence-corrected chi connectivity index (χ1v) is 5.82. The molecule has 0 radical (unpaired) electrons. The number of imidazole rings is 1. The number of aromatic amines is 1. The van der Waals surface area contributed by atoms with Crippen molar-refractivity contribution in [3.63, 3.8) is 0 Å². The van der Waals surface area contributed by atoms with Crippen LogP contribution in [0.4, 0.5) is 5.82 Å². The fraction of sp³-hybridized carbons (Fsp3) is 0.375. The van der Waals surface area contributed by atoms with E-state index >= 15 is 0 Å². The predicted molar refractivity (Wildman–Crippen MR) is 61.0 cm³/mol. The van der Waals surface area contributed by atoms with Crippen molar-refractivity contribution in [2.24, 2.45) is 0 Å². The van der Waals surface area contributed by atoms with Gasteiger partial charge in [0, 0.05) is 13.5 Å². The lowest BCUT2D eigenvalue weighted by Crippen LogP contribution is -2.10. The van der Waals surface area contributed by atoms with Crippen LogP contribution in [0.15, 0.2) is 6.33 Å². The van der Waals surface area contributed by atoms with Crippen LogP contribution in [0, 0.1) is 0 Å². The molecule has 0 fully saturated rings. The van der Waals surface area contributed by atoms with Crippen LogP contribution < -0.4 is 5.73 Å². The summed E-state index contributed by atoms with van der Waals surface area (Å²) in [6, 6.07) is 0. The Morgan fingerprint density at radius 2 is 2.44 bits per heavy atom. The maximum atomic E-state index is 10.8. The van der Waals surface area contributed by atoms with Crippen LogP contribution in [0.25, 0.3) is 11.2 Å². The number of aromatic nitrogens is 4. The van der Waals surface area contributed by atoms with E-state index in [4.69, 9.17) is 10.5 Å². The third kappa shape index (κ3) is 2.05. The zero-order valence-electron chi connectivity index (χ0n) is 8.67. The summed E-state index contributed by atoms with van der Waals surface area (Å²) in [6.07, 6.45) is 1.88. The Bertz CT molecular complexity index is 514. The van der Waals surface area contributed by atoms with Crippen LogP contribution in [0.1, 0.15) is 5.82 Å². The summed E-state index contributed by atoms with van der Waals surface area (Å²) in [5.41, 5.74) is 6.86. The highest BCUT2D eigenvalue weighted by molar-refractivity contribution is 7.24. The van der Waals surface area contributed by atoms with Crippen LogP contribution in [-0.2, 0) is 15.7 Å². The van der Waals surface area contributed by atoms with Gasteiger partial charge in [0.2, 0.25) is 0 Å². The molecule has 8 heteroatoms. The molecule has 0 bridgehead atoms. The predicted octanol–water partition coefficient (Wildman–Crippen LogP) is 0.206. The number of hydrogen-bond donors (Lipinski definition) is 2. The van der Waals surface area contributed by atoms with E-state index in [0.29, 0.717) is 29.2 Å². The molecule has 2 aromatic heterocycles. The van der Waals surface area contributed by atoms with Crippen molar-refractivity contribution in [1.29, 1.82) is 0 Å². The van der Waals surface area contributed by atoms with Gasteiger partial charge in [-0.05, 0) is 0 Å². The number of ether oxygens (including phenoxy) is 1. The molecule has 0 aliphatic heterocycles. The van der Waals surface area contributed by atoms with Crippen LogP contribution in [0.2, 0.25) is 0 Å². The van der Waals surface area contributed by atoms with Crippen LogP contribution in [0.5, 0.6) is 0 Å². The third-order valence-electron chi connectivity index (χ3n) is 2.20. The second-order valence-electron chi connectivity index (χ2n) is 3.24. The SMILES string of the molecule is COC(Cc1nc(N)c2[nH]cnc2n1)[PH2]=O. The Morgan fingerprint density at radius 1 is 1.62 bits per heavy atom. The molecule has 7 nitrogen and oxygen atoms in total. The first kappa shape index (κ1) is 11.0. The first-order chi connectivity index (χ1) is 7.74. The topological polar surface area (TPSA) is 107 Å². The first-order valence-electron chi connectivity index (χ1n) is 4.68. The van der Waals surface area contributed by atoms with E-state index in [0.717, 1.165) is 0 Å². The number of nitrogens with two attached hydrogens (primary N) is 1. The van der Waals surface area contributed by atoms with Crippen LogP contribution in [0.3, 0.4) is 0 Å². The fourth-order valence-corrected chi connectivity index (χ4v) is 1.78. The number of nitrogens with zero attached hydrogens (tertiary/aromatic N) is 3. The largest absolute Gasteiger partial charge is 0.382 e. The molecule has 0 amide bonds. The van der Waals surface area contributed by atoms with Gasteiger partial charge in [0.05, 0.1) is 14.8 Å². The molecule has 0 aliphatic carbocycles. The Labute approximate surface area is 92.6 Å². The minimum absolute atomic E-state index is 0.341. The highest BCUT2D eigenvalue weighted by atomic mass is 31.1. The van der Waals surface area contributed by atoms with Gasteiger partial charge in [0.1, 0.15) is 17.2 Å². The van der Waals surface area contributed by atoms with Crippen molar-refractivity contribution in [1.82, 2.24) is 19.9 Å². The number of nitrogens with one attached hydrogen (secondary N) is 1. The van der Waals surface area contributed by atoms with E-state index in [-0.39, 0.29) is 5.85 Å². The van der Waals surface area contributed by atoms with Crippen molar-refractivity contribution in [3.05, 3.63) is 12.2 Å². The highest BCUT2D eigenvalue weighted by Crippen LogP contribution is 2.16. The minimum atomic E-state index is -1.03. The molecule has 3 N–H and O–H groups in total. The molecule has 16 heavy (non-hydrogen) atoms. The van der Waals surface area contributed by atoms with E-state index < -0.39 is 8.46 Å². The van der Waals surface area contributed by atoms with E-state index in [1.807, 2.05) is 0 Å². The molecule has 2 unspecified atom stereocenters. The molecule has 2 aromatic rings. The number of nitrogen functional groups attached to an aromatic ring is 1. The molecule has 2 rings (SSSR count). The quantitative estimate of drug-likeness (QED) is 0.741. The fourth-order valence-electron chi connectivity index (χ4n) is 1.36. The lowest BCUT2D eigenvalue weighted by atomic mass is 10.4. The summed E-state index contributed by atoms with van der Waals surface area (Å²) in [7, 11) is 0.479. The summed E-state index contributed by atoms with van der Waals surface area (Å²) < 4.78 is 15.8. The van der Waals surface area contributed by atoms with Crippen molar-refractivity contribution < 1.29 is 9.30 Å². The van der Waals surface area contributed by atoms with Gasteiger partial charge in [-0.25, -0.2) is 15.0 Å². The lowest BCUT2D eigenvalue weighted by Gasteiger charge is -2.07. The average Bonchev–Trinajstić information content (AvgIpc) is 2.74. The number of rotatable bonds is 4. The van der Waals surface area contributed by atoms with Crippen molar-refractivity contribution >= 4 is 25.4 Å². The summed E-state index contributed by atoms with van der Waals surface area (Å²) in [4.78, 5) is 15.1. The Hall–Kier alpha value is -1.46. The maximum absolute atomic E-state index is 10.8. The van der Waals surface area contributed by atoms with Crippen molar-refractivity contribution in [3.8, 4) is 0 Å². The number of fused-ring (bicyclic) bond motifs is 1. The molecule has 2 atom stereocenters. The van der Waals surface area contributed by atoms with Crippen molar-refractivity contribution in [2.45, 2.75) is 12.3 Å². The molecule has 0 spiro atoms. The number of hydrogen-bond acceptors (Lipinski definition) is 6. The molecule has 0 saturated heterocycles. The van der Waals surface area contributed by atoms with Gasteiger partial charge >= 0.3 is 0 Å². The maximum Gasteiger partial charge on any atom is 0.183 e. The van der Waals surface area contributed by atoms with Gasteiger partial charge in [-0.3, -0.25) is 0 Å². The average molecular weight is 241 g/mol. The van der Waals surface area contributed by atoms with Gasteiger partial charge in [-0.2, -0.15) is 0 Å². The smallest absolute Gasteiger partial charge is 0.183 e. The van der Waals surface area contributed by atoms with E-state index in [2.05, 4.69) is 19.9 Å². The van der Waals surface area contributed by atoms with Gasteiger partial charge in [-0.15, -0.1) is 0 Å². The Morgan fingerprint density at radius 3 is 3.12 bits per heavy atom. The number of anilines is 1. The number of H-pyrrole nitrogens is 1. The molecule has 2 heterocycles. The van der Waals surface area contributed by atoms with E-state index in [9.17, 15) is 4.57 Å². The molecular weight excluding hydrogens is 229 g/mol. The zero-order chi connectivity index (χ0) is 11.5. The third-order valence-corrected chi connectivity index (χ3v) is 3.01. The second kappa shape index (κ2) is 4.59. The van der Waals surface area contributed by atoms with Crippen molar-refractivity contribution in [2.75, 3.05) is 12.8 Å².